The van der Waals surface area contributed by atoms with Crippen LogP contribution in [0.25, 0.3) is 22.1 Å². The molecule has 8 nitrogen and oxygen atoms in total. The number of nitrogens with one attached hydrogen (secondary N) is 2. The quantitative estimate of drug-likeness (QED) is 0.466. The molecule has 10 heteroatoms. The SMILES string of the molecule is Cn1c(=O)oc2cc(S(=O)(=O)NCCCc3nc4ccc(Cl)cc4[nH]3)ccc21. The van der Waals surface area contributed by atoms with Gasteiger partial charge in [0.25, 0.3) is 0 Å². The number of imidazole rings is 1. The van der Waals surface area contributed by atoms with Crippen molar-refractivity contribution >= 4 is 43.8 Å². The number of halogens is 1. The van der Waals surface area contributed by atoms with Crippen LogP contribution in [0.4, 0.5) is 0 Å². The fourth-order valence-electron chi connectivity index (χ4n) is 2.98. The summed E-state index contributed by atoms with van der Waals surface area (Å²) in [6, 6.07) is 9.75. The van der Waals surface area contributed by atoms with Gasteiger partial charge in [0.05, 0.1) is 21.4 Å². The highest BCUT2D eigenvalue weighted by molar-refractivity contribution is 7.89. The number of oxazole rings is 1. The van der Waals surface area contributed by atoms with Crippen molar-refractivity contribution in [3.63, 3.8) is 0 Å². The van der Waals surface area contributed by atoms with E-state index in [9.17, 15) is 13.2 Å². The summed E-state index contributed by atoms with van der Waals surface area (Å²) in [6.45, 7) is 0.247. The van der Waals surface area contributed by atoms with Gasteiger partial charge in [0.2, 0.25) is 10.0 Å². The van der Waals surface area contributed by atoms with E-state index in [0.29, 0.717) is 23.4 Å². The van der Waals surface area contributed by atoms with Crippen LogP contribution in [-0.4, -0.2) is 29.5 Å². The van der Waals surface area contributed by atoms with Gasteiger partial charge in [0.15, 0.2) is 5.58 Å². The van der Waals surface area contributed by atoms with E-state index < -0.39 is 15.8 Å². The number of aryl methyl sites for hydroxylation is 2. The van der Waals surface area contributed by atoms with Crippen LogP contribution in [0.15, 0.2) is 50.5 Å². The highest BCUT2D eigenvalue weighted by Crippen LogP contribution is 2.19. The molecule has 28 heavy (non-hydrogen) atoms. The zero-order chi connectivity index (χ0) is 19.9. The third-order valence-corrected chi connectivity index (χ3v) is 6.14. The van der Waals surface area contributed by atoms with Gasteiger partial charge >= 0.3 is 5.76 Å². The second-order valence-corrected chi connectivity index (χ2v) is 8.61. The number of rotatable bonds is 6. The van der Waals surface area contributed by atoms with E-state index in [0.717, 1.165) is 16.9 Å². The molecule has 146 valence electrons. The topological polar surface area (TPSA) is 110 Å². The Morgan fingerprint density at radius 2 is 2.07 bits per heavy atom. The molecule has 0 spiro atoms. The fourth-order valence-corrected chi connectivity index (χ4v) is 4.24. The second kappa shape index (κ2) is 7.08. The third-order valence-electron chi connectivity index (χ3n) is 4.45. The number of hydrogen-bond acceptors (Lipinski definition) is 5. The predicted molar refractivity (Wildman–Crippen MR) is 106 cm³/mol. The summed E-state index contributed by atoms with van der Waals surface area (Å²) in [7, 11) is -2.15. The minimum Gasteiger partial charge on any atom is -0.408 e. The van der Waals surface area contributed by atoms with E-state index in [1.54, 1.807) is 25.2 Å². The zero-order valence-electron chi connectivity index (χ0n) is 14.9. The lowest BCUT2D eigenvalue weighted by atomic mass is 10.3. The molecule has 0 radical (unpaired) electrons. The normalized spacial score (nSPS) is 12.2. The van der Waals surface area contributed by atoms with E-state index in [4.69, 9.17) is 16.0 Å². The number of nitrogens with zero attached hydrogens (tertiary/aromatic N) is 2. The molecule has 0 saturated heterocycles. The van der Waals surface area contributed by atoms with Crippen molar-refractivity contribution in [2.75, 3.05) is 6.54 Å². The number of H-pyrrole nitrogens is 1. The summed E-state index contributed by atoms with van der Waals surface area (Å²) in [5.74, 6) is 0.230. The van der Waals surface area contributed by atoms with Crippen molar-refractivity contribution in [1.29, 1.82) is 0 Å². The number of benzene rings is 2. The molecular weight excluding hydrogens is 404 g/mol. The van der Waals surface area contributed by atoms with Crippen LogP contribution in [0.5, 0.6) is 0 Å². The van der Waals surface area contributed by atoms with Gasteiger partial charge in [-0.15, -0.1) is 0 Å². The lowest BCUT2D eigenvalue weighted by Crippen LogP contribution is -2.25. The van der Waals surface area contributed by atoms with E-state index >= 15 is 0 Å². The van der Waals surface area contributed by atoms with Crippen LogP contribution in [0.1, 0.15) is 12.2 Å². The Balaban J connectivity index is 1.41. The Bertz CT molecular complexity index is 1340. The van der Waals surface area contributed by atoms with Gasteiger partial charge in [-0.3, -0.25) is 4.57 Å². The molecule has 2 aromatic carbocycles. The van der Waals surface area contributed by atoms with Crippen LogP contribution in [0, 0.1) is 0 Å². The van der Waals surface area contributed by atoms with Gasteiger partial charge in [-0.05, 0) is 36.8 Å². The van der Waals surface area contributed by atoms with Crippen LogP contribution in [-0.2, 0) is 23.5 Å². The first-order valence-electron chi connectivity index (χ1n) is 8.57. The van der Waals surface area contributed by atoms with Crippen molar-refractivity contribution in [1.82, 2.24) is 19.3 Å². The Labute approximate surface area is 165 Å². The molecule has 2 N–H and O–H groups in total. The maximum atomic E-state index is 12.5. The number of aromatic amines is 1. The minimum absolute atomic E-state index is 0.0488. The van der Waals surface area contributed by atoms with Gasteiger partial charge in [-0.2, -0.15) is 0 Å². The fraction of sp³-hybridized carbons (Fsp3) is 0.222. The smallest absolute Gasteiger partial charge is 0.408 e. The molecule has 0 aliphatic rings. The van der Waals surface area contributed by atoms with Crippen LogP contribution in [0.2, 0.25) is 5.02 Å². The van der Waals surface area contributed by atoms with E-state index in [1.165, 1.54) is 16.7 Å². The average molecular weight is 421 g/mol. The standard InChI is InChI=1S/C18H17ClN4O4S/c1-23-15-7-5-12(10-16(15)27-18(23)24)28(25,26)20-8-2-3-17-21-13-6-4-11(19)9-14(13)22-17/h4-7,9-10,20H,2-3,8H2,1H3,(H,21,22). The van der Waals surface area contributed by atoms with E-state index in [-0.39, 0.29) is 17.0 Å². The summed E-state index contributed by atoms with van der Waals surface area (Å²) >= 11 is 5.96. The molecule has 4 aromatic rings. The van der Waals surface area contributed by atoms with Crippen molar-refractivity contribution in [3.05, 3.63) is 57.8 Å². The second-order valence-electron chi connectivity index (χ2n) is 6.40. The average Bonchev–Trinajstić information content (AvgIpc) is 3.18. The van der Waals surface area contributed by atoms with Crippen LogP contribution < -0.4 is 10.5 Å². The molecule has 0 fully saturated rings. The molecule has 0 aliphatic heterocycles. The lowest BCUT2D eigenvalue weighted by Gasteiger charge is -2.06. The molecule has 0 saturated carbocycles. The Morgan fingerprint density at radius 1 is 1.25 bits per heavy atom. The van der Waals surface area contributed by atoms with Gasteiger partial charge < -0.3 is 9.40 Å². The maximum Gasteiger partial charge on any atom is 0.419 e. The summed E-state index contributed by atoms with van der Waals surface area (Å²) in [5.41, 5.74) is 2.43. The highest BCUT2D eigenvalue weighted by atomic mass is 35.5. The predicted octanol–water partition coefficient (Wildman–Crippen LogP) is 2.57. The first-order valence-corrected chi connectivity index (χ1v) is 10.4. The molecule has 0 amide bonds. The van der Waals surface area contributed by atoms with Crippen LogP contribution in [0.3, 0.4) is 0 Å². The van der Waals surface area contributed by atoms with Gasteiger partial charge in [0.1, 0.15) is 5.82 Å². The third kappa shape index (κ3) is 3.56. The Kier molecular flexibility index (Phi) is 4.74. The molecule has 4 rings (SSSR count). The minimum atomic E-state index is -3.71. The van der Waals surface area contributed by atoms with Crippen molar-refractivity contribution in [2.45, 2.75) is 17.7 Å². The summed E-state index contributed by atoms with van der Waals surface area (Å²) in [4.78, 5) is 19.2. The summed E-state index contributed by atoms with van der Waals surface area (Å²) < 4.78 is 33.9. The largest absolute Gasteiger partial charge is 0.419 e. The molecule has 2 heterocycles. The first kappa shape index (κ1) is 18.7. The van der Waals surface area contributed by atoms with Gasteiger partial charge in [-0.1, -0.05) is 11.6 Å². The van der Waals surface area contributed by atoms with Crippen LogP contribution >= 0.6 is 11.6 Å². The molecule has 0 aliphatic carbocycles. The van der Waals surface area contributed by atoms with Crippen molar-refractivity contribution < 1.29 is 12.8 Å². The lowest BCUT2D eigenvalue weighted by molar-refractivity contribution is 0.527. The molecule has 0 bridgehead atoms. The van der Waals surface area contributed by atoms with E-state index in [1.807, 2.05) is 6.07 Å². The molecule has 0 atom stereocenters. The first-order chi connectivity index (χ1) is 13.3. The number of aromatic nitrogens is 3. The van der Waals surface area contributed by atoms with Gasteiger partial charge in [0, 0.05) is 31.1 Å². The number of fused-ring (bicyclic) bond motifs is 2. The molecule has 0 unspecified atom stereocenters. The molecular formula is C18H17ClN4O4S. The Morgan fingerprint density at radius 3 is 2.89 bits per heavy atom. The Hall–Kier alpha value is -2.62. The van der Waals surface area contributed by atoms with E-state index in [2.05, 4.69) is 14.7 Å². The zero-order valence-corrected chi connectivity index (χ0v) is 16.5. The summed E-state index contributed by atoms with van der Waals surface area (Å²) in [6.07, 6.45) is 1.15. The molecule has 2 aromatic heterocycles. The number of hydrogen-bond donors (Lipinski definition) is 2. The van der Waals surface area contributed by atoms with Gasteiger partial charge in [-0.25, -0.2) is 22.9 Å². The monoisotopic (exact) mass is 420 g/mol. The number of sulfonamides is 1. The maximum absolute atomic E-state index is 12.5. The highest BCUT2D eigenvalue weighted by Gasteiger charge is 2.16. The van der Waals surface area contributed by atoms with Crippen molar-refractivity contribution in [2.24, 2.45) is 7.05 Å². The summed E-state index contributed by atoms with van der Waals surface area (Å²) in [5, 5.41) is 0.627. The van der Waals surface area contributed by atoms with Crippen molar-refractivity contribution in [3.8, 4) is 0 Å².